The Kier molecular flexibility index (Phi) is 4.00. The van der Waals surface area contributed by atoms with E-state index in [4.69, 9.17) is 5.73 Å². The summed E-state index contributed by atoms with van der Waals surface area (Å²) >= 11 is 0. The Bertz CT molecular complexity index is 570. The smallest absolute Gasteiger partial charge is 0.156 e. The van der Waals surface area contributed by atoms with Crippen LogP contribution in [-0.2, 0) is 13.0 Å². The van der Waals surface area contributed by atoms with Gasteiger partial charge in [0.2, 0.25) is 0 Å². The molecule has 0 amide bonds. The summed E-state index contributed by atoms with van der Waals surface area (Å²) in [5.41, 5.74) is 9.28. The molecule has 1 aromatic heterocycles. The Morgan fingerprint density at radius 1 is 1.26 bits per heavy atom. The summed E-state index contributed by atoms with van der Waals surface area (Å²) in [7, 11) is 0. The number of benzene rings is 1. The van der Waals surface area contributed by atoms with Gasteiger partial charge in [0.15, 0.2) is 6.29 Å². The van der Waals surface area contributed by atoms with Gasteiger partial charge in [-0.25, -0.2) is 4.68 Å². The van der Waals surface area contributed by atoms with Crippen LogP contribution in [0.5, 0.6) is 0 Å². The molecule has 0 unspecified atom stereocenters. The van der Waals surface area contributed by atoms with Crippen LogP contribution in [-0.4, -0.2) is 16.1 Å². The van der Waals surface area contributed by atoms with Crippen molar-refractivity contribution in [1.29, 1.82) is 0 Å². The van der Waals surface area contributed by atoms with Gasteiger partial charge in [0.25, 0.3) is 0 Å². The average Bonchev–Trinajstić information content (AvgIpc) is 2.76. The summed E-state index contributed by atoms with van der Waals surface area (Å²) < 4.78 is 1.65. The predicted molar refractivity (Wildman–Crippen MR) is 77.1 cm³/mol. The van der Waals surface area contributed by atoms with Gasteiger partial charge in [0.1, 0.15) is 11.5 Å². The lowest BCUT2D eigenvalue weighted by Crippen LogP contribution is -2.02. The molecule has 0 radical (unpaired) electrons. The first-order chi connectivity index (χ1) is 9.21. The van der Waals surface area contributed by atoms with E-state index in [1.54, 1.807) is 4.68 Å². The molecule has 2 rings (SSSR count). The number of aromatic nitrogens is 2. The zero-order valence-electron chi connectivity index (χ0n) is 11.4. The van der Waals surface area contributed by atoms with Crippen LogP contribution in [0.15, 0.2) is 24.3 Å². The van der Waals surface area contributed by atoms with Gasteiger partial charge in [-0.15, -0.1) is 0 Å². The lowest BCUT2D eigenvalue weighted by molar-refractivity contribution is 0.112. The molecular weight excluding hydrogens is 238 g/mol. The van der Waals surface area contributed by atoms with Crippen molar-refractivity contribution in [3.8, 4) is 11.3 Å². The fraction of sp³-hybridized carbons (Fsp3) is 0.333. The highest BCUT2D eigenvalue weighted by molar-refractivity contribution is 5.91. The molecule has 1 aromatic carbocycles. The third-order valence-electron chi connectivity index (χ3n) is 3.21. The number of nitrogens with zero attached hydrogens (tertiary/aromatic N) is 2. The van der Waals surface area contributed by atoms with Crippen molar-refractivity contribution in [2.24, 2.45) is 0 Å². The van der Waals surface area contributed by atoms with Crippen molar-refractivity contribution >= 4 is 12.1 Å². The maximum absolute atomic E-state index is 11.2. The predicted octanol–water partition coefficient (Wildman–Crippen LogP) is 2.92. The second-order valence-corrected chi connectivity index (χ2v) is 4.53. The molecule has 2 aromatic rings. The van der Waals surface area contributed by atoms with Gasteiger partial charge in [0.05, 0.1) is 5.56 Å². The first kappa shape index (κ1) is 13.3. The third kappa shape index (κ3) is 2.52. The topological polar surface area (TPSA) is 60.9 Å². The van der Waals surface area contributed by atoms with Crippen molar-refractivity contribution < 1.29 is 4.79 Å². The normalized spacial score (nSPS) is 10.6. The van der Waals surface area contributed by atoms with Crippen LogP contribution in [0.2, 0.25) is 0 Å². The van der Waals surface area contributed by atoms with Gasteiger partial charge in [-0.1, -0.05) is 37.6 Å². The zero-order chi connectivity index (χ0) is 13.8. The highest BCUT2D eigenvalue weighted by atomic mass is 16.1. The van der Waals surface area contributed by atoms with Gasteiger partial charge in [-0.3, -0.25) is 4.79 Å². The molecule has 4 nitrogen and oxygen atoms in total. The molecular formula is C15H19N3O. The molecule has 4 heteroatoms. The SMILES string of the molecule is CCCc1ccc(-c2nn(CC)c(N)c2C=O)cc1. The monoisotopic (exact) mass is 257 g/mol. The standard InChI is InChI=1S/C15H19N3O/c1-3-5-11-6-8-12(9-7-11)14-13(10-19)15(16)18(4-2)17-14/h6-10H,3-5,16H2,1-2H3. The van der Waals surface area contributed by atoms with E-state index in [0.29, 0.717) is 23.6 Å². The lowest BCUT2D eigenvalue weighted by Gasteiger charge is -2.01. The summed E-state index contributed by atoms with van der Waals surface area (Å²) in [5.74, 6) is 0.435. The van der Waals surface area contributed by atoms with E-state index in [-0.39, 0.29) is 0 Å². The minimum atomic E-state index is 0.435. The number of aryl methyl sites for hydroxylation is 2. The molecule has 19 heavy (non-hydrogen) atoms. The third-order valence-corrected chi connectivity index (χ3v) is 3.21. The summed E-state index contributed by atoms with van der Waals surface area (Å²) in [6, 6.07) is 8.16. The highest BCUT2D eigenvalue weighted by Crippen LogP contribution is 2.26. The molecule has 100 valence electrons. The number of hydrogen-bond acceptors (Lipinski definition) is 3. The zero-order valence-corrected chi connectivity index (χ0v) is 11.4. The second-order valence-electron chi connectivity index (χ2n) is 4.53. The number of carbonyl (C=O) groups is 1. The van der Waals surface area contributed by atoms with E-state index < -0.39 is 0 Å². The van der Waals surface area contributed by atoms with Gasteiger partial charge in [0, 0.05) is 12.1 Å². The molecule has 0 aliphatic rings. The fourth-order valence-corrected chi connectivity index (χ4v) is 2.18. The highest BCUT2D eigenvalue weighted by Gasteiger charge is 2.15. The maximum Gasteiger partial charge on any atom is 0.156 e. The van der Waals surface area contributed by atoms with E-state index >= 15 is 0 Å². The van der Waals surface area contributed by atoms with Crippen molar-refractivity contribution in [3.63, 3.8) is 0 Å². The van der Waals surface area contributed by atoms with Crippen LogP contribution in [0, 0.1) is 0 Å². The Morgan fingerprint density at radius 2 is 1.95 bits per heavy atom. The Morgan fingerprint density at radius 3 is 2.47 bits per heavy atom. The van der Waals surface area contributed by atoms with Crippen LogP contribution in [0.3, 0.4) is 0 Å². The number of rotatable bonds is 5. The largest absolute Gasteiger partial charge is 0.383 e. The van der Waals surface area contributed by atoms with E-state index in [1.807, 2.05) is 19.1 Å². The van der Waals surface area contributed by atoms with Crippen molar-refractivity contribution in [1.82, 2.24) is 9.78 Å². The van der Waals surface area contributed by atoms with E-state index in [9.17, 15) is 4.79 Å². The molecule has 0 fully saturated rings. The molecule has 2 N–H and O–H groups in total. The summed E-state index contributed by atoms with van der Waals surface area (Å²) in [5, 5.41) is 4.41. The maximum atomic E-state index is 11.2. The first-order valence-electron chi connectivity index (χ1n) is 6.62. The summed E-state index contributed by atoms with van der Waals surface area (Å²) in [6.07, 6.45) is 2.96. The molecule has 0 aliphatic heterocycles. The van der Waals surface area contributed by atoms with Crippen LogP contribution >= 0.6 is 0 Å². The van der Waals surface area contributed by atoms with Crippen LogP contribution < -0.4 is 5.73 Å². The van der Waals surface area contributed by atoms with E-state index in [2.05, 4.69) is 24.2 Å². The minimum absolute atomic E-state index is 0.435. The van der Waals surface area contributed by atoms with Crippen molar-refractivity contribution in [2.45, 2.75) is 33.2 Å². The first-order valence-corrected chi connectivity index (χ1v) is 6.62. The number of anilines is 1. The molecule has 0 bridgehead atoms. The average molecular weight is 257 g/mol. The van der Waals surface area contributed by atoms with Gasteiger partial charge < -0.3 is 5.73 Å². The van der Waals surface area contributed by atoms with Crippen molar-refractivity contribution in [2.75, 3.05) is 5.73 Å². The lowest BCUT2D eigenvalue weighted by atomic mass is 10.0. The van der Waals surface area contributed by atoms with E-state index in [0.717, 1.165) is 24.7 Å². The minimum Gasteiger partial charge on any atom is -0.383 e. The molecule has 0 aliphatic carbocycles. The van der Waals surface area contributed by atoms with Gasteiger partial charge in [-0.2, -0.15) is 5.10 Å². The number of carbonyl (C=O) groups excluding carboxylic acids is 1. The van der Waals surface area contributed by atoms with Crippen LogP contribution in [0.25, 0.3) is 11.3 Å². The van der Waals surface area contributed by atoms with Crippen molar-refractivity contribution in [3.05, 3.63) is 35.4 Å². The molecule has 0 saturated carbocycles. The quantitative estimate of drug-likeness (QED) is 0.838. The molecule has 1 heterocycles. The van der Waals surface area contributed by atoms with Gasteiger partial charge in [-0.05, 0) is 18.9 Å². The Labute approximate surface area is 113 Å². The molecule has 0 spiro atoms. The molecule has 0 atom stereocenters. The second kappa shape index (κ2) is 5.69. The van der Waals surface area contributed by atoms with Crippen LogP contribution in [0.4, 0.5) is 5.82 Å². The van der Waals surface area contributed by atoms with E-state index in [1.165, 1.54) is 5.56 Å². The fourth-order valence-electron chi connectivity index (χ4n) is 2.18. The Balaban J connectivity index is 2.43. The Hall–Kier alpha value is -2.10. The molecule has 0 saturated heterocycles. The summed E-state index contributed by atoms with van der Waals surface area (Å²) in [4.78, 5) is 11.2. The van der Waals surface area contributed by atoms with Crippen LogP contribution in [0.1, 0.15) is 36.2 Å². The van der Waals surface area contributed by atoms with Gasteiger partial charge >= 0.3 is 0 Å². The number of nitrogen functional groups attached to an aromatic ring is 1. The number of hydrogen-bond donors (Lipinski definition) is 1. The number of aldehydes is 1. The summed E-state index contributed by atoms with van der Waals surface area (Å²) in [6.45, 7) is 4.76. The number of nitrogens with two attached hydrogens (primary N) is 1.